The van der Waals surface area contributed by atoms with Crippen LogP contribution < -0.4 is 0 Å². The quantitative estimate of drug-likeness (QED) is 0.623. The van der Waals surface area contributed by atoms with Gasteiger partial charge in [0.15, 0.2) is 11.9 Å². The Morgan fingerprint density at radius 2 is 2.17 bits per heavy atom. The van der Waals surface area contributed by atoms with Crippen LogP contribution >= 0.6 is 0 Å². The van der Waals surface area contributed by atoms with E-state index in [1.54, 1.807) is 13.0 Å². The molecule has 0 bridgehead atoms. The van der Waals surface area contributed by atoms with Crippen molar-refractivity contribution in [2.45, 2.75) is 31.5 Å². The zero-order chi connectivity index (χ0) is 16.7. The summed E-state index contributed by atoms with van der Waals surface area (Å²) in [5.41, 5.74) is 1.44. The lowest BCUT2D eigenvalue weighted by Gasteiger charge is -2.16. The van der Waals surface area contributed by atoms with Crippen molar-refractivity contribution in [3.8, 4) is 0 Å². The summed E-state index contributed by atoms with van der Waals surface area (Å²) in [6.07, 6.45) is -2.99. The first kappa shape index (κ1) is 15.8. The Bertz CT molecular complexity index is 745. The molecule has 0 spiro atoms. The van der Waals surface area contributed by atoms with Gasteiger partial charge in [0.25, 0.3) is 0 Å². The third-order valence-corrected chi connectivity index (χ3v) is 3.85. The lowest BCUT2D eigenvalue weighted by molar-refractivity contribution is -0.0511. The van der Waals surface area contributed by atoms with E-state index in [0.717, 1.165) is 0 Å². The number of carbonyl (C=O) groups is 1. The Kier molecular flexibility index (Phi) is 4.02. The van der Waals surface area contributed by atoms with Gasteiger partial charge in [-0.15, -0.1) is 0 Å². The first-order valence-corrected chi connectivity index (χ1v) is 7.03. The number of hydrogen-bond donors (Lipinski definition) is 3. The van der Waals surface area contributed by atoms with Crippen molar-refractivity contribution in [3.05, 3.63) is 23.7 Å². The van der Waals surface area contributed by atoms with E-state index in [4.69, 9.17) is 9.47 Å². The summed E-state index contributed by atoms with van der Waals surface area (Å²) in [6.45, 7) is 1.28. The molecule has 0 aromatic carbocycles. The molecule has 2 aromatic rings. The van der Waals surface area contributed by atoms with Gasteiger partial charge in [-0.05, 0) is 13.0 Å². The smallest absolute Gasteiger partial charge is 0.340 e. The van der Waals surface area contributed by atoms with Crippen LogP contribution in [-0.4, -0.2) is 67.9 Å². The van der Waals surface area contributed by atoms with Crippen molar-refractivity contribution in [1.82, 2.24) is 14.5 Å². The van der Waals surface area contributed by atoms with Gasteiger partial charge in [0.2, 0.25) is 0 Å². The molecule has 23 heavy (non-hydrogen) atoms. The molecule has 3 N–H and O–H groups in total. The SMILES string of the molecule is COC(=O)c1cc(C)nc2c1ncn2[C@@H]1O[C@H](CO)[C@@H](O)[C@H]1O. The molecule has 0 aliphatic carbocycles. The Balaban J connectivity index is 2.10. The standard InChI is InChI=1S/C14H17N3O6/c1-6-3-7(14(21)22-2)9-12(16-6)17(5-15-9)13-11(20)10(19)8(4-18)23-13/h3,5,8,10-11,13,18-20H,4H2,1-2H3/t8-,10-,11-,13-/m1/s1. The first-order valence-electron chi connectivity index (χ1n) is 7.03. The van der Waals surface area contributed by atoms with Crippen molar-refractivity contribution < 1.29 is 29.6 Å². The van der Waals surface area contributed by atoms with E-state index in [9.17, 15) is 20.1 Å². The van der Waals surface area contributed by atoms with E-state index in [1.807, 2.05) is 0 Å². The van der Waals surface area contributed by atoms with Crippen molar-refractivity contribution >= 4 is 17.1 Å². The Labute approximate surface area is 131 Å². The van der Waals surface area contributed by atoms with Gasteiger partial charge in [-0.3, -0.25) is 4.57 Å². The highest BCUT2D eigenvalue weighted by molar-refractivity contribution is 6.01. The predicted molar refractivity (Wildman–Crippen MR) is 76.6 cm³/mol. The molecule has 0 radical (unpaired) electrons. The van der Waals surface area contributed by atoms with Crippen LogP contribution in [0.1, 0.15) is 22.3 Å². The highest BCUT2D eigenvalue weighted by Crippen LogP contribution is 2.32. The van der Waals surface area contributed by atoms with Gasteiger partial charge < -0.3 is 24.8 Å². The van der Waals surface area contributed by atoms with E-state index in [2.05, 4.69) is 9.97 Å². The lowest BCUT2D eigenvalue weighted by atomic mass is 10.1. The average molecular weight is 323 g/mol. The monoisotopic (exact) mass is 323 g/mol. The molecule has 1 aliphatic rings. The summed E-state index contributed by atoms with van der Waals surface area (Å²) in [5.74, 6) is -0.549. The van der Waals surface area contributed by atoms with Crippen molar-refractivity contribution in [2.75, 3.05) is 13.7 Å². The maximum atomic E-state index is 11.9. The molecule has 0 amide bonds. The highest BCUT2D eigenvalue weighted by Gasteiger charge is 2.44. The maximum Gasteiger partial charge on any atom is 0.340 e. The number of rotatable bonds is 3. The van der Waals surface area contributed by atoms with Gasteiger partial charge >= 0.3 is 5.97 Å². The van der Waals surface area contributed by atoms with Gasteiger partial charge in [-0.1, -0.05) is 0 Å². The first-order chi connectivity index (χ1) is 11.0. The second-order valence-corrected chi connectivity index (χ2v) is 5.36. The molecule has 2 aromatic heterocycles. The summed E-state index contributed by atoms with van der Waals surface area (Å²) < 4.78 is 11.6. The van der Waals surface area contributed by atoms with Crippen molar-refractivity contribution in [2.24, 2.45) is 0 Å². The van der Waals surface area contributed by atoms with E-state index < -0.39 is 37.1 Å². The number of fused-ring (bicyclic) bond motifs is 1. The molecular formula is C14H17N3O6. The fraction of sp³-hybridized carbons (Fsp3) is 0.500. The Morgan fingerprint density at radius 3 is 2.78 bits per heavy atom. The summed E-state index contributed by atoms with van der Waals surface area (Å²) in [6, 6.07) is 1.56. The van der Waals surface area contributed by atoms with Crippen LogP contribution in [0, 0.1) is 6.92 Å². The van der Waals surface area contributed by atoms with Crippen molar-refractivity contribution in [1.29, 1.82) is 0 Å². The van der Waals surface area contributed by atoms with Crippen LogP contribution in [0.3, 0.4) is 0 Å². The molecule has 1 saturated heterocycles. The Morgan fingerprint density at radius 1 is 1.43 bits per heavy atom. The molecular weight excluding hydrogens is 306 g/mol. The normalized spacial score (nSPS) is 27.5. The van der Waals surface area contributed by atoms with Gasteiger partial charge in [-0.25, -0.2) is 14.8 Å². The number of aryl methyl sites for hydroxylation is 1. The molecule has 0 unspecified atom stereocenters. The van der Waals surface area contributed by atoms with Crippen LogP contribution in [0.4, 0.5) is 0 Å². The number of nitrogens with zero attached hydrogens (tertiary/aromatic N) is 3. The average Bonchev–Trinajstić information content (AvgIpc) is 3.08. The third kappa shape index (κ3) is 2.47. The molecule has 1 fully saturated rings. The summed E-state index contributed by atoms with van der Waals surface area (Å²) >= 11 is 0. The van der Waals surface area contributed by atoms with Gasteiger partial charge in [0, 0.05) is 5.69 Å². The number of methoxy groups -OCH3 is 1. The zero-order valence-corrected chi connectivity index (χ0v) is 12.6. The summed E-state index contributed by atoms with van der Waals surface area (Å²) in [7, 11) is 1.27. The van der Waals surface area contributed by atoms with Gasteiger partial charge in [0.05, 0.1) is 25.6 Å². The molecule has 3 rings (SSSR count). The zero-order valence-electron chi connectivity index (χ0n) is 12.6. The molecule has 3 heterocycles. The second kappa shape index (κ2) is 5.85. The number of pyridine rings is 1. The van der Waals surface area contributed by atoms with Crippen LogP contribution in [0.15, 0.2) is 12.4 Å². The van der Waals surface area contributed by atoms with E-state index >= 15 is 0 Å². The molecule has 0 saturated carbocycles. The number of ether oxygens (including phenoxy) is 2. The fourth-order valence-corrected chi connectivity index (χ4v) is 2.69. The summed E-state index contributed by atoms with van der Waals surface area (Å²) in [4.78, 5) is 20.3. The van der Waals surface area contributed by atoms with Gasteiger partial charge in [-0.2, -0.15) is 0 Å². The van der Waals surface area contributed by atoms with E-state index in [-0.39, 0.29) is 5.56 Å². The largest absolute Gasteiger partial charge is 0.465 e. The predicted octanol–water partition coefficient (Wildman–Crippen LogP) is -0.862. The number of aromatic nitrogens is 3. The third-order valence-electron chi connectivity index (χ3n) is 3.85. The number of carbonyl (C=O) groups excluding carboxylic acids is 1. The molecule has 1 aliphatic heterocycles. The van der Waals surface area contributed by atoms with E-state index in [0.29, 0.717) is 16.9 Å². The molecule has 4 atom stereocenters. The lowest BCUT2D eigenvalue weighted by Crippen LogP contribution is -2.33. The van der Waals surface area contributed by atoms with Crippen molar-refractivity contribution in [3.63, 3.8) is 0 Å². The minimum Gasteiger partial charge on any atom is -0.465 e. The minimum atomic E-state index is -1.26. The maximum absolute atomic E-state index is 11.9. The molecule has 9 heteroatoms. The number of aliphatic hydroxyl groups is 3. The topological polar surface area (TPSA) is 127 Å². The minimum absolute atomic E-state index is 0.250. The number of esters is 1. The van der Waals surface area contributed by atoms with E-state index in [1.165, 1.54) is 18.0 Å². The highest BCUT2D eigenvalue weighted by atomic mass is 16.6. The van der Waals surface area contributed by atoms with Crippen LogP contribution in [-0.2, 0) is 9.47 Å². The van der Waals surface area contributed by atoms with Gasteiger partial charge in [0.1, 0.15) is 23.8 Å². The molecule has 124 valence electrons. The Hall–Kier alpha value is -2.07. The fourth-order valence-electron chi connectivity index (χ4n) is 2.69. The molecule has 9 nitrogen and oxygen atoms in total. The van der Waals surface area contributed by atoms with Crippen LogP contribution in [0.5, 0.6) is 0 Å². The second-order valence-electron chi connectivity index (χ2n) is 5.36. The van der Waals surface area contributed by atoms with Crippen LogP contribution in [0.25, 0.3) is 11.2 Å². The number of imidazole rings is 1. The number of aliphatic hydroxyl groups excluding tert-OH is 3. The van der Waals surface area contributed by atoms with Crippen LogP contribution in [0.2, 0.25) is 0 Å². The number of hydrogen-bond acceptors (Lipinski definition) is 8. The summed E-state index contributed by atoms with van der Waals surface area (Å²) in [5, 5.41) is 29.2.